The first-order chi connectivity index (χ1) is 7.68. The molecule has 0 saturated carbocycles. The molecular formula is C13H11NO2. The van der Waals surface area contributed by atoms with Crippen LogP contribution < -0.4 is 0 Å². The van der Waals surface area contributed by atoms with E-state index in [2.05, 4.69) is 0 Å². The van der Waals surface area contributed by atoms with Crippen molar-refractivity contribution in [2.24, 2.45) is 0 Å². The van der Waals surface area contributed by atoms with Gasteiger partial charge in [0.15, 0.2) is 5.78 Å². The summed E-state index contributed by atoms with van der Waals surface area (Å²) in [6.07, 6.45) is 1.47. The van der Waals surface area contributed by atoms with E-state index in [1.807, 2.05) is 11.8 Å². The number of ketones is 2. The molecule has 0 unspecified atom stereocenters. The van der Waals surface area contributed by atoms with Gasteiger partial charge in [0.1, 0.15) is 0 Å². The lowest BCUT2D eigenvalue weighted by Gasteiger charge is -2.16. The number of fused-ring (bicyclic) bond motifs is 1. The third kappa shape index (κ3) is 1.21. The third-order valence-electron chi connectivity index (χ3n) is 3.11. The maximum atomic E-state index is 12.1. The molecule has 1 aromatic rings. The topological polar surface area (TPSA) is 37.1 Å². The van der Waals surface area contributed by atoms with E-state index in [4.69, 9.17) is 0 Å². The first-order valence-corrected chi connectivity index (χ1v) is 5.35. The van der Waals surface area contributed by atoms with E-state index < -0.39 is 0 Å². The molecule has 1 fully saturated rings. The Bertz CT molecular complexity index is 530. The van der Waals surface area contributed by atoms with Gasteiger partial charge in [0, 0.05) is 29.8 Å². The molecule has 3 rings (SSSR count). The summed E-state index contributed by atoms with van der Waals surface area (Å²) in [5.41, 5.74) is 1.60. The number of carbonyl (C=O) groups is 2. The van der Waals surface area contributed by atoms with Crippen LogP contribution in [0.2, 0.25) is 0 Å². The Morgan fingerprint density at radius 1 is 1.19 bits per heavy atom. The van der Waals surface area contributed by atoms with Crippen molar-refractivity contribution in [1.82, 2.24) is 4.90 Å². The molecule has 0 amide bonds. The van der Waals surface area contributed by atoms with E-state index >= 15 is 0 Å². The van der Waals surface area contributed by atoms with E-state index in [-0.39, 0.29) is 11.6 Å². The molecule has 80 valence electrons. The quantitative estimate of drug-likeness (QED) is 0.666. The van der Waals surface area contributed by atoms with Crippen molar-refractivity contribution in [2.75, 3.05) is 6.54 Å². The maximum Gasteiger partial charge on any atom is 0.209 e. The van der Waals surface area contributed by atoms with Gasteiger partial charge in [-0.15, -0.1) is 0 Å². The molecule has 3 nitrogen and oxygen atoms in total. The maximum absolute atomic E-state index is 12.1. The van der Waals surface area contributed by atoms with E-state index in [1.165, 1.54) is 6.08 Å². The second-order valence-electron chi connectivity index (χ2n) is 4.27. The SMILES string of the molecule is C[C@@H]1CN1C1=CC(=O)c2ccccc2C1=O. The van der Waals surface area contributed by atoms with Crippen LogP contribution in [0.25, 0.3) is 0 Å². The minimum atomic E-state index is -0.0655. The molecule has 1 saturated heterocycles. The summed E-state index contributed by atoms with van der Waals surface area (Å²) < 4.78 is 0. The number of nitrogens with zero attached hydrogens (tertiary/aromatic N) is 1. The lowest BCUT2D eigenvalue weighted by molar-refractivity contribution is 0.0969. The molecule has 0 spiro atoms. The average Bonchev–Trinajstić information content (AvgIpc) is 3.01. The van der Waals surface area contributed by atoms with Crippen LogP contribution in [0.3, 0.4) is 0 Å². The number of hydrogen-bond donors (Lipinski definition) is 0. The average molecular weight is 213 g/mol. The molecule has 1 atom stereocenters. The minimum Gasteiger partial charge on any atom is -0.362 e. The van der Waals surface area contributed by atoms with E-state index in [1.54, 1.807) is 24.3 Å². The van der Waals surface area contributed by atoms with Gasteiger partial charge in [-0.2, -0.15) is 0 Å². The predicted octanol–water partition coefficient (Wildman–Crippen LogP) is 1.65. The molecule has 1 aliphatic carbocycles. The zero-order valence-electron chi connectivity index (χ0n) is 8.93. The van der Waals surface area contributed by atoms with Crippen molar-refractivity contribution < 1.29 is 9.59 Å². The summed E-state index contributed by atoms with van der Waals surface area (Å²) in [4.78, 5) is 25.9. The van der Waals surface area contributed by atoms with Crippen molar-refractivity contribution in [3.63, 3.8) is 0 Å². The summed E-state index contributed by atoms with van der Waals surface area (Å²) in [6, 6.07) is 7.38. The highest BCUT2D eigenvalue weighted by atomic mass is 16.1. The van der Waals surface area contributed by atoms with Crippen LogP contribution in [-0.2, 0) is 0 Å². The Balaban J connectivity index is 2.09. The van der Waals surface area contributed by atoms with Gasteiger partial charge in [0.2, 0.25) is 5.78 Å². The fourth-order valence-corrected chi connectivity index (χ4v) is 2.09. The molecule has 1 heterocycles. The van der Waals surface area contributed by atoms with Crippen LogP contribution in [-0.4, -0.2) is 29.1 Å². The highest BCUT2D eigenvalue weighted by molar-refractivity contribution is 6.24. The van der Waals surface area contributed by atoms with Crippen LogP contribution in [0, 0.1) is 0 Å². The highest BCUT2D eigenvalue weighted by Gasteiger charge is 2.38. The molecule has 16 heavy (non-hydrogen) atoms. The van der Waals surface area contributed by atoms with Crippen LogP contribution in [0.15, 0.2) is 36.0 Å². The second-order valence-corrected chi connectivity index (χ2v) is 4.27. The Labute approximate surface area is 93.4 Å². The molecule has 1 aromatic carbocycles. The predicted molar refractivity (Wildman–Crippen MR) is 59.4 cm³/mol. The summed E-state index contributed by atoms with van der Waals surface area (Å²) in [6.45, 7) is 2.91. The summed E-state index contributed by atoms with van der Waals surface area (Å²) in [5.74, 6) is -0.0937. The molecule has 0 N–H and O–H groups in total. The number of rotatable bonds is 1. The first-order valence-electron chi connectivity index (χ1n) is 5.35. The van der Waals surface area contributed by atoms with E-state index in [0.717, 1.165) is 6.54 Å². The molecule has 0 radical (unpaired) electrons. The lowest BCUT2D eigenvalue weighted by Crippen LogP contribution is -2.21. The van der Waals surface area contributed by atoms with Crippen LogP contribution in [0.4, 0.5) is 0 Å². The second kappa shape index (κ2) is 3.04. The van der Waals surface area contributed by atoms with Crippen LogP contribution in [0.5, 0.6) is 0 Å². The Kier molecular flexibility index (Phi) is 1.78. The highest BCUT2D eigenvalue weighted by Crippen LogP contribution is 2.30. The van der Waals surface area contributed by atoms with Gasteiger partial charge < -0.3 is 4.90 Å². The Morgan fingerprint density at radius 2 is 1.81 bits per heavy atom. The van der Waals surface area contributed by atoms with E-state index in [0.29, 0.717) is 22.9 Å². The molecule has 0 aromatic heterocycles. The van der Waals surface area contributed by atoms with Gasteiger partial charge in [-0.25, -0.2) is 0 Å². The zero-order valence-corrected chi connectivity index (χ0v) is 8.93. The number of carbonyl (C=O) groups excluding carboxylic acids is 2. The summed E-state index contributed by atoms with van der Waals surface area (Å²) >= 11 is 0. The van der Waals surface area contributed by atoms with Gasteiger partial charge in [-0.3, -0.25) is 9.59 Å². The normalized spacial score (nSPS) is 22.9. The minimum absolute atomic E-state index is 0.0282. The molecule has 2 aliphatic rings. The van der Waals surface area contributed by atoms with Crippen molar-refractivity contribution >= 4 is 11.6 Å². The number of Topliss-reactive ketones (excluding diaryl/α,β-unsaturated/α-hetero) is 1. The van der Waals surface area contributed by atoms with Gasteiger partial charge in [0.25, 0.3) is 0 Å². The number of allylic oxidation sites excluding steroid dienone is 2. The zero-order chi connectivity index (χ0) is 11.3. The Hall–Kier alpha value is -1.90. The van der Waals surface area contributed by atoms with Crippen molar-refractivity contribution in [2.45, 2.75) is 13.0 Å². The summed E-state index contributed by atoms with van der Waals surface area (Å²) in [7, 11) is 0. The fourth-order valence-electron chi connectivity index (χ4n) is 2.09. The fraction of sp³-hybridized carbons (Fsp3) is 0.231. The van der Waals surface area contributed by atoms with E-state index in [9.17, 15) is 9.59 Å². The molecule has 3 heteroatoms. The first kappa shape index (κ1) is 9.33. The molecule has 1 aliphatic heterocycles. The van der Waals surface area contributed by atoms with Crippen molar-refractivity contribution in [1.29, 1.82) is 0 Å². The van der Waals surface area contributed by atoms with Crippen LogP contribution >= 0.6 is 0 Å². The lowest BCUT2D eigenvalue weighted by atomic mass is 9.93. The van der Waals surface area contributed by atoms with Crippen LogP contribution in [0.1, 0.15) is 27.6 Å². The smallest absolute Gasteiger partial charge is 0.209 e. The van der Waals surface area contributed by atoms with Gasteiger partial charge in [-0.1, -0.05) is 24.3 Å². The van der Waals surface area contributed by atoms with Gasteiger partial charge in [0.05, 0.1) is 5.70 Å². The molecule has 0 bridgehead atoms. The largest absolute Gasteiger partial charge is 0.362 e. The molecular weight excluding hydrogens is 202 g/mol. The summed E-state index contributed by atoms with van der Waals surface area (Å²) in [5, 5.41) is 0. The van der Waals surface area contributed by atoms with Gasteiger partial charge in [-0.05, 0) is 6.92 Å². The van der Waals surface area contributed by atoms with Crippen molar-refractivity contribution in [3.8, 4) is 0 Å². The Morgan fingerprint density at radius 3 is 2.44 bits per heavy atom. The monoisotopic (exact) mass is 213 g/mol. The number of benzene rings is 1. The standard InChI is InChI=1S/C13H11NO2/c1-8-7-14(8)11-6-12(15)9-4-2-3-5-10(9)13(11)16/h2-6,8H,7H2,1H3/t8-,14?/m1/s1. The third-order valence-corrected chi connectivity index (χ3v) is 3.11. The van der Waals surface area contributed by atoms with Crippen molar-refractivity contribution in [3.05, 3.63) is 47.2 Å². The number of hydrogen-bond acceptors (Lipinski definition) is 3. The van der Waals surface area contributed by atoms with Gasteiger partial charge >= 0.3 is 0 Å².